The monoisotopic (exact) mass is 776 g/mol. The van der Waals surface area contributed by atoms with Crippen LogP contribution in [-0.4, -0.2) is 49.9 Å². The molecule has 0 aromatic rings. The molecule has 0 aromatic carbocycles. The number of phosphoric acid groups is 1. The number of phosphoric ester groups is 1. The molecule has 0 aliphatic heterocycles. The van der Waals surface area contributed by atoms with Gasteiger partial charge in [-0.2, -0.15) is 0 Å². The van der Waals surface area contributed by atoms with E-state index in [1.54, 1.807) is 0 Å². The number of unbranched alkanes of at least 4 members (excludes halogenated alkanes) is 32. The van der Waals surface area contributed by atoms with Crippen molar-refractivity contribution in [1.82, 2.24) is 0 Å². The number of carbonyl (C=O) groups is 1. The Morgan fingerprint density at radius 2 is 0.830 bits per heavy atom. The zero-order valence-electron chi connectivity index (χ0n) is 35.3. The van der Waals surface area contributed by atoms with E-state index in [4.69, 9.17) is 24.3 Å². The minimum atomic E-state index is -4.27. The Morgan fingerprint density at radius 1 is 0.491 bits per heavy atom. The van der Waals surface area contributed by atoms with Crippen molar-refractivity contribution in [2.24, 2.45) is 5.73 Å². The maximum Gasteiger partial charge on any atom is 0.472 e. The molecule has 2 atom stereocenters. The topological polar surface area (TPSA) is 117 Å². The zero-order chi connectivity index (χ0) is 38.8. The van der Waals surface area contributed by atoms with E-state index in [2.05, 4.69) is 13.8 Å². The lowest BCUT2D eigenvalue weighted by Gasteiger charge is -2.20. The number of carbonyl (C=O) groups excluding carboxylic acids is 1. The van der Waals surface area contributed by atoms with Crippen molar-refractivity contribution in [2.75, 3.05) is 33.0 Å². The smallest absolute Gasteiger partial charge is 0.457 e. The molecule has 8 nitrogen and oxygen atoms in total. The van der Waals surface area contributed by atoms with Gasteiger partial charge in [0.2, 0.25) is 0 Å². The Morgan fingerprint density at radius 3 is 1.19 bits per heavy atom. The van der Waals surface area contributed by atoms with E-state index in [-0.39, 0.29) is 32.3 Å². The van der Waals surface area contributed by atoms with Crippen LogP contribution in [0.25, 0.3) is 0 Å². The van der Waals surface area contributed by atoms with Gasteiger partial charge in [0.05, 0.1) is 19.8 Å². The van der Waals surface area contributed by atoms with Crippen LogP contribution in [0.4, 0.5) is 0 Å². The minimum Gasteiger partial charge on any atom is -0.457 e. The first-order chi connectivity index (χ1) is 25.9. The minimum absolute atomic E-state index is 0.0900. The standard InChI is InChI=1S/C44H90NO7P/c1-3-5-7-9-11-13-15-17-18-19-20-21-22-23-24-26-28-30-32-34-36-39-49-41-43(42-51-53(47,48)50-40-38-45)52-44(46)37-35-33-31-29-27-25-16-14-12-10-8-6-4-2/h43H,3-42,45H2,1-2H3,(H,47,48). The van der Waals surface area contributed by atoms with Crippen LogP contribution in [0.1, 0.15) is 239 Å². The van der Waals surface area contributed by atoms with E-state index in [1.165, 1.54) is 186 Å². The van der Waals surface area contributed by atoms with Gasteiger partial charge in [-0.05, 0) is 12.8 Å². The Labute approximate surface area is 329 Å². The van der Waals surface area contributed by atoms with Crippen molar-refractivity contribution in [1.29, 1.82) is 0 Å². The number of ether oxygens (including phenoxy) is 2. The highest BCUT2D eigenvalue weighted by Crippen LogP contribution is 2.43. The van der Waals surface area contributed by atoms with Crippen LogP contribution in [-0.2, 0) is 27.9 Å². The summed E-state index contributed by atoms with van der Waals surface area (Å²) in [5, 5.41) is 0. The fraction of sp³-hybridized carbons (Fsp3) is 0.977. The Balaban J connectivity index is 3.89. The van der Waals surface area contributed by atoms with E-state index in [1.807, 2.05) is 0 Å². The van der Waals surface area contributed by atoms with Crippen LogP contribution >= 0.6 is 7.82 Å². The van der Waals surface area contributed by atoms with Gasteiger partial charge in [-0.15, -0.1) is 0 Å². The molecule has 0 rings (SSSR count). The molecule has 0 bridgehead atoms. The first kappa shape index (κ1) is 52.5. The van der Waals surface area contributed by atoms with E-state index in [0.29, 0.717) is 13.0 Å². The summed E-state index contributed by atoms with van der Waals surface area (Å²) in [4.78, 5) is 22.5. The van der Waals surface area contributed by atoms with Crippen LogP contribution in [0, 0.1) is 0 Å². The van der Waals surface area contributed by atoms with Crippen LogP contribution in [0.15, 0.2) is 0 Å². The fourth-order valence-electron chi connectivity index (χ4n) is 6.88. The predicted octanol–water partition coefficient (Wildman–Crippen LogP) is 13.7. The quantitative estimate of drug-likeness (QED) is 0.0357. The molecule has 0 spiro atoms. The summed E-state index contributed by atoms with van der Waals surface area (Å²) in [5.74, 6) is -0.324. The van der Waals surface area contributed by atoms with Gasteiger partial charge in [0.1, 0.15) is 6.10 Å². The number of hydrogen-bond donors (Lipinski definition) is 2. The zero-order valence-corrected chi connectivity index (χ0v) is 36.2. The van der Waals surface area contributed by atoms with E-state index in [9.17, 15) is 14.3 Å². The largest absolute Gasteiger partial charge is 0.472 e. The molecule has 0 aromatic heterocycles. The van der Waals surface area contributed by atoms with Crippen LogP contribution in [0.5, 0.6) is 0 Å². The van der Waals surface area contributed by atoms with Crippen molar-refractivity contribution in [3.05, 3.63) is 0 Å². The first-order valence-electron chi connectivity index (χ1n) is 23.0. The van der Waals surface area contributed by atoms with Gasteiger partial charge in [0, 0.05) is 19.6 Å². The number of nitrogens with two attached hydrogens (primary N) is 1. The molecule has 318 valence electrons. The number of hydrogen-bond acceptors (Lipinski definition) is 7. The number of rotatable bonds is 45. The van der Waals surface area contributed by atoms with Gasteiger partial charge in [-0.3, -0.25) is 13.8 Å². The van der Waals surface area contributed by atoms with E-state index in [0.717, 1.165) is 32.1 Å². The number of esters is 1. The lowest BCUT2D eigenvalue weighted by molar-refractivity contribution is -0.154. The highest BCUT2D eigenvalue weighted by molar-refractivity contribution is 7.47. The molecule has 2 unspecified atom stereocenters. The van der Waals surface area contributed by atoms with E-state index >= 15 is 0 Å². The van der Waals surface area contributed by atoms with Crippen molar-refractivity contribution in [2.45, 2.75) is 245 Å². The van der Waals surface area contributed by atoms with Gasteiger partial charge < -0.3 is 20.1 Å². The molecule has 3 N–H and O–H groups in total. The summed E-state index contributed by atoms with van der Waals surface area (Å²) in [6.45, 7) is 4.99. The van der Waals surface area contributed by atoms with Crippen molar-refractivity contribution < 1.29 is 32.8 Å². The molecule has 0 saturated carbocycles. The Kier molecular flexibility index (Phi) is 42.2. The van der Waals surface area contributed by atoms with Crippen LogP contribution in [0.2, 0.25) is 0 Å². The van der Waals surface area contributed by atoms with E-state index < -0.39 is 13.9 Å². The Hall–Kier alpha value is -0.500. The highest BCUT2D eigenvalue weighted by atomic mass is 31.2. The summed E-state index contributed by atoms with van der Waals surface area (Å²) in [6.07, 6.45) is 44.1. The second-order valence-corrected chi connectivity index (χ2v) is 17.1. The van der Waals surface area contributed by atoms with Crippen molar-refractivity contribution in [3.8, 4) is 0 Å². The maximum atomic E-state index is 12.6. The summed E-state index contributed by atoms with van der Waals surface area (Å²) in [7, 11) is -4.27. The second-order valence-electron chi connectivity index (χ2n) is 15.6. The lowest BCUT2D eigenvalue weighted by atomic mass is 10.0. The fourth-order valence-corrected chi connectivity index (χ4v) is 7.65. The summed E-state index contributed by atoms with van der Waals surface area (Å²) < 4.78 is 33.5. The average Bonchev–Trinajstić information content (AvgIpc) is 3.15. The van der Waals surface area contributed by atoms with Gasteiger partial charge >= 0.3 is 13.8 Å². The average molecular weight is 776 g/mol. The predicted molar refractivity (Wildman–Crippen MR) is 224 cm³/mol. The summed E-state index contributed by atoms with van der Waals surface area (Å²) in [5.41, 5.74) is 5.37. The lowest BCUT2D eigenvalue weighted by Crippen LogP contribution is -2.28. The highest BCUT2D eigenvalue weighted by Gasteiger charge is 2.25. The summed E-state index contributed by atoms with van der Waals surface area (Å²) >= 11 is 0. The molecule has 0 aliphatic rings. The molecule has 9 heteroatoms. The second kappa shape index (κ2) is 42.6. The van der Waals surface area contributed by atoms with Gasteiger partial charge in [0.25, 0.3) is 0 Å². The van der Waals surface area contributed by atoms with Gasteiger partial charge in [-0.25, -0.2) is 4.57 Å². The summed E-state index contributed by atoms with van der Waals surface area (Å²) in [6, 6.07) is 0. The SMILES string of the molecule is CCCCCCCCCCCCCCCCCCCCCCCOCC(COP(=O)(O)OCCN)OC(=O)CCCCCCCCCCCCCCC. The van der Waals surface area contributed by atoms with Crippen molar-refractivity contribution >= 4 is 13.8 Å². The normalized spacial score (nSPS) is 13.4. The third-order valence-electron chi connectivity index (χ3n) is 10.3. The maximum absolute atomic E-state index is 12.6. The van der Waals surface area contributed by atoms with Gasteiger partial charge in [0.15, 0.2) is 0 Å². The molecule has 0 heterocycles. The third kappa shape index (κ3) is 42.5. The molecule has 0 amide bonds. The third-order valence-corrected chi connectivity index (χ3v) is 11.3. The van der Waals surface area contributed by atoms with Gasteiger partial charge in [-0.1, -0.05) is 219 Å². The first-order valence-corrected chi connectivity index (χ1v) is 24.5. The molecule has 0 saturated heterocycles. The van der Waals surface area contributed by atoms with Crippen LogP contribution in [0.3, 0.4) is 0 Å². The molecule has 53 heavy (non-hydrogen) atoms. The molecule has 0 aliphatic carbocycles. The molecular formula is C44H90NO7P. The van der Waals surface area contributed by atoms with Crippen LogP contribution < -0.4 is 5.73 Å². The van der Waals surface area contributed by atoms with Crippen molar-refractivity contribution in [3.63, 3.8) is 0 Å². The molecular weight excluding hydrogens is 685 g/mol. The Bertz CT molecular complexity index is 787. The molecule has 0 radical (unpaired) electrons. The molecule has 0 fully saturated rings.